The summed E-state index contributed by atoms with van der Waals surface area (Å²) in [6.45, 7) is 0.680. The second-order valence-electron chi connectivity index (χ2n) is 6.37. The van der Waals surface area contributed by atoms with E-state index in [1.807, 2.05) is 48.5 Å². The highest BCUT2D eigenvalue weighted by atomic mass is 16.5. The Kier molecular flexibility index (Phi) is 6.52. The summed E-state index contributed by atoms with van der Waals surface area (Å²) in [5.74, 6) is 1.11. The van der Waals surface area contributed by atoms with E-state index in [1.165, 1.54) is 0 Å². The maximum Gasteiger partial charge on any atom is 0.286 e. The molecule has 0 aromatic heterocycles. The van der Waals surface area contributed by atoms with Crippen LogP contribution in [0.4, 0.5) is 5.69 Å². The van der Waals surface area contributed by atoms with Gasteiger partial charge in [0.15, 0.2) is 0 Å². The molecule has 0 heterocycles. The minimum atomic E-state index is -0.612. The fraction of sp³-hybridized carbons (Fsp3) is 0.227. The fourth-order valence-electron chi connectivity index (χ4n) is 2.81. The normalized spacial score (nSPS) is 13.0. The molecule has 5 nitrogen and oxygen atoms in total. The van der Waals surface area contributed by atoms with Gasteiger partial charge in [0.25, 0.3) is 5.91 Å². The van der Waals surface area contributed by atoms with Gasteiger partial charge in [-0.25, -0.2) is 0 Å². The van der Waals surface area contributed by atoms with Gasteiger partial charge in [0.2, 0.25) is 0 Å². The molecule has 5 heteroatoms. The Hall–Kier alpha value is -3.21. The molecule has 0 fully saturated rings. The minimum absolute atomic E-state index is 0.148. The molecule has 0 spiro atoms. The number of rotatable bonds is 8. The summed E-state index contributed by atoms with van der Waals surface area (Å²) in [5, 5.41) is 5.78. The summed E-state index contributed by atoms with van der Waals surface area (Å²) in [4.78, 5) is 21.1. The lowest BCUT2D eigenvalue weighted by Gasteiger charge is -2.12. The van der Waals surface area contributed by atoms with Crippen LogP contribution in [0.25, 0.3) is 0 Å². The third-order valence-corrected chi connectivity index (χ3v) is 4.28. The largest absolute Gasteiger partial charge is 0.458 e. The predicted octanol–water partition coefficient (Wildman–Crippen LogP) is 5.14. The summed E-state index contributed by atoms with van der Waals surface area (Å²) < 4.78 is 5.91. The average Bonchev–Trinajstić information content (AvgIpc) is 2.72. The Bertz CT molecular complexity index is 854. The SMILES string of the molecule is O=NC(=O)CCc1ccc(NCc2cccc(OC3=CCCC=C3)c2)cc1. The van der Waals surface area contributed by atoms with Crippen LogP contribution in [0.2, 0.25) is 0 Å². The number of ether oxygens (including phenoxy) is 1. The maximum atomic E-state index is 11.0. The van der Waals surface area contributed by atoms with E-state index in [4.69, 9.17) is 4.74 Å². The molecule has 3 rings (SSSR count). The molecular formula is C22H22N2O3. The van der Waals surface area contributed by atoms with Crippen molar-refractivity contribution < 1.29 is 9.53 Å². The summed E-state index contributed by atoms with van der Waals surface area (Å²) in [7, 11) is 0. The zero-order valence-electron chi connectivity index (χ0n) is 15.1. The highest BCUT2D eigenvalue weighted by Gasteiger charge is 2.04. The Morgan fingerprint density at radius 1 is 1.07 bits per heavy atom. The number of nitrogens with one attached hydrogen (secondary N) is 1. The van der Waals surface area contributed by atoms with E-state index in [0.717, 1.165) is 41.2 Å². The predicted molar refractivity (Wildman–Crippen MR) is 106 cm³/mol. The van der Waals surface area contributed by atoms with Gasteiger partial charge in [0, 0.05) is 23.8 Å². The highest BCUT2D eigenvalue weighted by molar-refractivity contribution is 5.76. The van der Waals surface area contributed by atoms with Crippen LogP contribution in [0, 0.1) is 4.91 Å². The van der Waals surface area contributed by atoms with Crippen LogP contribution >= 0.6 is 0 Å². The molecule has 1 aliphatic rings. The van der Waals surface area contributed by atoms with Gasteiger partial charge in [-0.2, -0.15) is 0 Å². The third kappa shape index (κ3) is 5.92. The van der Waals surface area contributed by atoms with E-state index < -0.39 is 5.91 Å². The lowest BCUT2D eigenvalue weighted by atomic mass is 10.1. The molecule has 0 radical (unpaired) electrons. The zero-order valence-corrected chi connectivity index (χ0v) is 15.1. The summed E-state index contributed by atoms with van der Waals surface area (Å²) in [6.07, 6.45) is 8.99. The van der Waals surface area contributed by atoms with Gasteiger partial charge in [0.05, 0.1) is 0 Å². The highest BCUT2D eigenvalue weighted by Crippen LogP contribution is 2.20. The van der Waals surface area contributed by atoms with E-state index in [1.54, 1.807) is 0 Å². The van der Waals surface area contributed by atoms with E-state index in [2.05, 4.69) is 28.7 Å². The maximum absolute atomic E-state index is 11.0. The third-order valence-electron chi connectivity index (χ3n) is 4.28. The molecule has 1 aliphatic carbocycles. The molecule has 0 aliphatic heterocycles. The molecule has 1 N–H and O–H groups in total. The quantitative estimate of drug-likeness (QED) is 0.661. The van der Waals surface area contributed by atoms with E-state index >= 15 is 0 Å². The molecule has 2 aromatic carbocycles. The van der Waals surface area contributed by atoms with Crippen LogP contribution in [0.5, 0.6) is 5.75 Å². The lowest BCUT2D eigenvalue weighted by Crippen LogP contribution is -2.01. The number of nitroso groups, excluding NO2 is 1. The number of carbonyl (C=O) groups is 1. The van der Waals surface area contributed by atoms with E-state index in [-0.39, 0.29) is 6.42 Å². The Labute approximate surface area is 158 Å². The standard InChI is InChI=1S/C22H22N2O3/c25-22(24-26)14-11-17-9-12-19(13-10-17)23-16-18-5-4-8-21(15-18)27-20-6-2-1-3-7-20/h2,4-10,12-13,15,23H,1,3,11,14,16H2. The molecule has 0 saturated carbocycles. The summed E-state index contributed by atoms with van der Waals surface area (Å²) in [6, 6.07) is 15.8. The Morgan fingerprint density at radius 3 is 2.67 bits per heavy atom. The topological polar surface area (TPSA) is 67.8 Å². The molecule has 138 valence electrons. The van der Waals surface area contributed by atoms with Crippen molar-refractivity contribution in [2.75, 3.05) is 5.32 Å². The van der Waals surface area contributed by atoms with Crippen molar-refractivity contribution in [3.8, 4) is 5.75 Å². The first kappa shape index (κ1) is 18.6. The number of aryl methyl sites for hydroxylation is 1. The van der Waals surface area contributed by atoms with Crippen molar-refractivity contribution in [1.82, 2.24) is 0 Å². The number of hydrogen-bond acceptors (Lipinski definition) is 4. The first-order chi connectivity index (χ1) is 13.2. The summed E-state index contributed by atoms with van der Waals surface area (Å²) >= 11 is 0. The van der Waals surface area contributed by atoms with Gasteiger partial charge in [-0.15, -0.1) is 4.91 Å². The average molecular weight is 362 g/mol. The van der Waals surface area contributed by atoms with Gasteiger partial charge >= 0.3 is 0 Å². The molecule has 0 saturated heterocycles. The molecule has 2 aromatic rings. The van der Waals surface area contributed by atoms with Gasteiger partial charge in [0.1, 0.15) is 11.5 Å². The minimum Gasteiger partial charge on any atom is -0.458 e. The summed E-state index contributed by atoms with van der Waals surface area (Å²) in [5.41, 5.74) is 3.12. The van der Waals surface area contributed by atoms with Crippen molar-refractivity contribution in [3.63, 3.8) is 0 Å². The number of anilines is 1. The van der Waals surface area contributed by atoms with E-state index in [0.29, 0.717) is 13.0 Å². The van der Waals surface area contributed by atoms with Crippen LogP contribution in [-0.2, 0) is 17.8 Å². The zero-order chi connectivity index (χ0) is 18.9. The molecule has 27 heavy (non-hydrogen) atoms. The lowest BCUT2D eigenvalue weighted by molar-refractivity contribution is -0.117. The van der Waals surface area contributed by atoms with Crippen molar-refractivity contribution in [2.24, 2.45) is 5.18 Å². The van der Waals surface area contributed by atoms with Crippen molar-refractivity contribution >= 4 is 11.6 Å². The second kappa shape index (κ2) is 9.48. The van der Waals surface area contributed by atoms with Crippen LogP contribution in [0.15, 0.2) is 77.7 Å². The van der Waals surface area contributed by atoms with Crippen molar-refractivity contribution in [3.05, 3.63) is 88.6 Å². The van der Waals surface area contributed by atoms with Crippen LogP contribution in [0.3, 0.4) is 0 Å². The van der Waals surface area contributed by atoms with Gasteiger partial charge in [-0.05, 0) is 66.8 Å². The molecular weight excluding hydrogens is 340 g/mol. The Morgan fingerprint density at radius 2 is 1.93 bits per heavy atom. The van der Waals surface area contributed by atoms with E-state index in [9.17, 15) is 9.70 Å². The first-order valence-electron chi connectivity index (χ1n) is 9.05. The van der Waals surface area contributed by atoms with Crippen molar-refractivity contribution in [2.45, 2.75) is 32.2 Å². The molecule has 0 atom stereocenters. The van der Waals surface area contributed by atoms with Crippen LogP contribution in [0.1, 0.15) is 30.4 Å². The number of benzene rings is 2. The second-order valence-corrected chi connectivity index (χ2v) is 6.37. The monoisotopic (exact) mass is 362 g/mol. The van der Waals surface area contributed by atoms with Gasteiger partial charge < -0.3 is 10.1 Å². The van der Waals surface area contributed by atoms with Gasteiger partial charge in [-0.3, -0.25) is 4.79 Å². The number of carbonyl (C=O) groups excluding carboxylic acids is 1. The number of amides is 1. The molecule has 1 amide bonds. The van der Waals surface area contributed by atoms with Crippen LogP contribution in [-0.4, -0.2) is 5.91 Å². The number of allylic oxidation sites excluding steroid dienone is 3. The van der Waals surface area contributed by atoms with Crippen molar-refractivity contribution in [1.29, 1.82) is 0 Å². The Balaban J connectivity index is 1.53. The number of hydrogen-bond donors (Lipinski definition) is 1. The smallest absolute Gasteiger partial charge is 0.286 e. The van der Waals surface area contributed by atoms with Crippen LogP contribution < -0.4 is 10.1 Å². The van der Waals surface area contributed by atoms with Gasteiger partial charge in [-0.1, -0.05) is 30.3 Å². The number of nitrogens with zero attached hydrogens (tertiary/aromatic N) is 1. The molecule has 0 bridgehead atoms. The molecule has 0 unspecified atom stereocenters. The fourth-order valence-corrected chi connectivity index (χ4v) is 2.81. The first-order valence-corrected chi connectivity index (χ1v) is 9.05.